The first-order chi connectivity index (χ1) is 7.93. The summed E-state index contributed by atoms with van der Waals surface area (Å²) in [5.41, 5.74) is 0. The van der Waals surface area contributed by atoms with E-state index in [4.69, 9.17) is 9.84 Å². The largest absolute Gasteiger partial charge is 0.480 e. The van der Waals surface area contributed by atoms with Crippen LogP contribution >= 0.6 is 0 Å². The van der Waals surface area contributed by atoms with E-state index in [1.165, 1.54) is 12.0 Å². The minimum atomic E-state index is -1.02. The number of ether oxygens (including phenoxy) is 1. The molecule has 0 aliphatic rings. The number of carbonyl (C=O) groups is 2. The van der Waals surface area contributed by atoms with Gasteiger partial charge in [0.2, 0.25) is 0 Å². The lowest BCUT2D eigenvalue weighted by Gasteiger charge is -2.31. The molecule has 0 unspecified atom stereocenters. The van der Waals surface area contributed by atoms with Gasteiger partial charge in [-0.2, -0.15) is 0 Å². The van der Waals surface area contributed by atoms with Crippen LogP contribution in [-0.4, -0.2) is 66.3 Å². The van der Waals surface area contributed by atoms with Gasteiger partial charge in [-0.25, -0.2) is 4.79 Å². The lowest BCUT2D eigenvalue weighted by atomic mass is 10.3. The van der Waals surface area contributed by atoms with E-state index >= 15 is 0 Å². The first kappa shape index (κ1) is 15.7. The fourth-order valence-electron chi connectivity index (χ4n) is 1.51. The Morgan fingerprint density at radius 1 is 1.35 bits per heavy atom. The number of hydrogen-bond acceptors (Lipinski definition) is 3. The summed E-state index contributed by atoms with van der Waals surface area (Å²) in [7, 11) is 1.52. The summed E-state index contributed by atoms with van der Waals surface area (Å²) in [4.78, 5) is 25.7. The van der Waals surface area contributed by atoms with Gasteiger partial charge >= 0.3 is 12.0 Å². The number of urea groups is 1. The number of rotatable bonds is 7. The number of aliphatic carboxylic acids is 1. The quantitative estimate of drug-likeness (QED) is 0.723. The molecule has 0 fully saturated rings. The second-order valence-corrected chi connectivity index (χ2v) is 3.97. The average Bonchev–Trinajstić information content (AvgIpc) is 2.23. The van der Waals surface area contributed by atoms with E-state index in [0.29, 0.717) is 13.2 Å². The van der Waals surface area contributed by atoms with E-state index in [-0.39, 0.29) is 25.2 Å². The Hall–Kier alpha value is -1.30. The van der Waals surface area contributed by atoms with Crippen molar-refractivity contribution in [1.29, 1.82) is 0 Å². The minimum Gasteiger partial charge on any atom is -0.480 e. The van der Waals surface area contributed by atoms with Gasteiger partial charge in [0.15, 0.2) is 0 Å². The Labute approximate surface area is 102 Å². The lowest BCUT2D eigenvalue weighted by molar-refractivity contribution is -0.137. The van der Waals surface area contributed by atoms with Crippen molar-refractivity contribution in [3.63, 3.8) is 0 Å². The van der Waals surface area contributed by atoms with Gasteiger partial charge in [-0.15, -0.1) is 0 Å². The van der Waals surface area contributed by atoms with E-state index in [9.17, 15) is 9.59 Å². The summed E-state index contributed by atoms with van der Waals surface area (Å²) in [5.74, 6) is -1.02. The maximum Gasteiger partial charge on any atom is 0.323 e. The molecule has 0 aliphatic carbocycles. The van der Waals surface area contributed by atoms with Gasteiger partial charge in [-0.05, 0) is 20.8 Å². The molecular weight excluding hydrogens is 224 g/mol. The molecular formula is C11H22N2O4. The highest BCUT2D eigenvalue weighted by Crippen LogP contribution is 2.04. The van der Waals surface area contributed by atoms with Gasteiger partial charge in [0, 0.05) is 26.2 Å². The molecule has 100 valence electrons. The number of nitrogens with zero attached hydrogens (tertiary/aromatic N) is 2. The van der Waals surface area contributed by atoms with E-state index in [0.717, 1.165) is 0 Å². The molecule has 0 aliphatic heterocycles. The summed E-state index contributed by atoms with van der Waals surface area (Å²) in [6, 6.07) is -0.215. The first-order valence-electron chi connectivity index (χ1n) is 5.70. The van der Waals surface area contributed by atoms with Crippen molar-refractivity contribution < 1.29 is 19.4 Å². The number of hydrogen-bond donors (Lipinski definition) is 1. The van der Waals surface area contributed by atoms with Crippen LogP contribution in [0.2, 0.25) is 0 Å². The predicted octanol–water partition coefficient (Wildman–Crippen LogP) is 0.870. The van der Waals surface area contributed by atoms with Crippen molar-refractivity contribution in [2.24, 2.45) is 0 Å². The molecule has 0 atom stereocenters. The van der Waals surface area contributed by atoms with Crippen LogP contribution in [-0.2, 0) is 9.53 Å². The van der Waals surface area contributed by atoms with Crippen LogP contribution in [0.4, 0.5) is 4.79 Å². The molecule has 0 aromatic heterocycles. The zero-order valence-corrected chi connectivity index (χ0v) is 11.0. The second-order valence-electron chi connectivity index (χ2n) is 3.97. The molecule has 0 aromatic rings. The smallest absolute Gasteiger partial charge is 0.323 e. The van der Waals surface area contributed by atoms with Crippen molar-refractivity contribution in [1.82, 2.24) is 9.80 Å². The van der Waals surface area contributed by atoms with Crippen LogP contribution in [0.3, 0.4) is 0 Å². The summed E-state index contributed by atoms with van der Waals surface area (Å²) in [6.07, 6.45) is 0. The summed E-state index contributed by atoms with van der Waals surface area (Å²) in [5, 5.41) is 8.77. The summed E-state index contributed by atoms with van der Waals surface area (Å²) in [6.45, 7) is 6.53. The third kappa shape index (κ3) is 5.53. The third-order valence-corrected chi connectivity index (χ3v) is 2.37. The standard InChI is InChI=1S/C11H22N2O4/c1-5-13(9(2)3)11(16)12(6-7-17-4)8-10(14)15/h9H,5-8H2,1-4H3,(H,14,15). The zero-order chi connectivity index (χ0) is 13.4. The normalized spacial score (nSPS) is 10.4. The number of amides is 2. The Balaban J connectivity index is 4.64. The molecule has 0 radical (unpaired) electrons. The Morgan fingerprint density at radius 2 is 1.94 bits per heavy atom. The number of carboxylic acids is 1. The Bertz CT molecular complexity index is 256. The molecule has 0 saturated carbocycles. The van der Waals surface area contributed by atoms with E-state index in [1.54, 1.807) is 4.90 Å². The van der Waals surface area contributed by atoms with Gasteiger partial charge in [0.1, 0.15) is 6.54 Å². The van der Waals surface area contributed by atoms with Crippen LogP contribution in [0.5, 0.6) is 0 Å². The van der Waals surface area contributed by atoms with Crippen molar-refractivity contribution in [3.8, 4) is 0 Å². The molecule has 6 nitrogen and oxygen atoms in total. The summed E-state index contributed by atoms with van der Waals surface area (Å²) < 4.78 is 4.87. The van der Waals surface area contributed by atoms with Crippen molar-refractivity contribution in [2.45, 2.75) is 26.8 Å². The maximum absolute atomic E-state index is 12.1. The zero-order valence-electron chi connectivity index (χ0n) is 11.0. The van der Waals surface area contributed by atoms with Crippen LogP contribution in [0, 0.1) is 0 Å². The molecule has 0 spiro atoms. The molecule has 17 heavy (non-hydrogen) atoms. The number of carboxylic acid groups (broad SMARTS) is 1. The number of carbonyl (C=O) groups excluding carboxylic acids is 1. The fourth-order valence-corrected chi connectivity index (χ4v) is 1.51. The van der Waals surface area contributed by atoms with Gasteiger partial charge in [-0.1, -0.05) is 0 Å². The van der Waals surface area contributed by atoms with Crippen LogP contribution in [0.15, 0.2) is 0 Å². The van der Waals surface area contributed by atoms with Gasteiger partial charge < -0.3 is 19.6 Å². The Morgan fingerprint density at radius 3 is 2.29 bits per heavy atom. The van der Waals surface area contributed by atoms with E-state index in [2.05, 4.69) is 0 Å². The highest BCUT2D eigenvalue weighted by molar-refractivity contribution is 5.80. The third-order valence-electron chi connectivity index (χ3n) is 2.37. The van der Waals surface area contributed by atoms with Gasteiger partial charge in [-0.3, -0.25) is 4.79 Å². The molecule has 0 saturated heterocycles. The molecule has 0 aromatic carbocycles. The van der Waals surface area contributed by atoms with Crippen LogP contribution in [0.1, 0.15) is 20.8 Å². The van der Waals surface area contributed by atoms with Crippen molar-refractivity contribution >= 4 is 12.0 Å². The first-order valence-corrected chi connectivity index (χ1v) is 5.70. The second kappa shape index (κ2) is 7.89. The molecule has 0 heterocycles. The minimum absolute atomic E-state index is 0.0475. The fraction of sp³-hybridized carbons (Fsp3) is 0.818. The number of methoxy groups -OCH3 is 1. The van der Waals surface area contributed by atoms with Gasteiger partial charge in [0.25, 0.3) is 0 Å². The van der Waals surface area contributed by atoms with Crippen molar-refractivity contribution in [3.05, 3.63) is 0 Å². The molecule has 2 amide bonds. The van der Waals surface area contributed by atoms with Crippen LogP contribution in [0.25, 0.3) is 0 Å². The van der Waals surface area contributed by atoms with Crippen molar-refractivity contribution in [2.75, 3.05) is 33.4 Å². The molecule has 0 bridgehead atoms. The SMILES string of the molecule is CCN(C(=O)N(CCOC)CC(=O)O)C(C)C. The maximum atomic E-state index is 12.1. The highest BCUT2D eigenvalue weighted by atomic mass is 16.5. The van der Waals surface area contributed by atoms with E-state index < -0.39 is 5.97 Å². The molecule has 6 heteroatoms. The summed E-state index contributed by atoms with van der Waals surface area (Å²) >= 11 is 0. The van der Waals surface area contributed by atoms with Crippen LogP contribution < -0.4 is 0 Å². The van der Waals surface area contributed by atoms with E-state index in [1.807, 2.05) is 20.8 Å². The lowest BCUT2D eigenvalue weighted by Crippen LogP contribution is -2.49. The average molecular weight is 246 g/mol. The molecule has 1 N–H and O–H groups in total. The van der Waals surface area contributed by atoms with Gasteiger partial charge in [0.05, 0.1) is 6.61 Å². The topological polar surface area (TPSA) is 70.1 Å². The molecule has 0 rings (SSSR count). The highest BCUT2D eigenvalue weighted by Gasteiger charge is 2.23. The Kier molecular flexibility index (Phi) is 7.29. The monoisotopic (exact) mass is 246 g/mol. The predicted molar refractivity (Wildman–Crippen MR) is 64.0 cm³/mol.